The van der Waals surface area contributed by atoms with Gasteiger partial charge in [-0.25, -0.2) is 22.0 Å². The Labute approximate surface area is 244 Å². The molecule has 4 heterocycles. The number of aromatic nitrogens is 2. The number of benzene rings is 3. The number of aromatic hydroxyl groups is 1. The highest BCUT2D eigenvalue weighted by Gasteiger charge is 2.40. The Morgan fingerprint density at radius 2 is 1.81 bits per heavy atom. The zero-order valence-corrected chi connectivity index (χ0v) is 23.4. The van der Waals surface area contributed by atoms with Crippen molar-refractivity contribution in [1.29, 1.82) is 0 Å². The lowest BCUT2D eigenvalue weighted by Gasteiger charge is -2.34. The van der Waals surface area contributed by atoms with Gasteiger partial charge in [-0.2, -0.15) is 9.97 Å². The third kappa shape index (κ3) is 5.00. The molecular weight excluding hydrogens is 569 g/mol. The molecule has 7 rings (SSSR count). The van der Waals surface area contributed by atoms with Gasteiger partial charge in [0, 0.05) is 43.0 Å². The highest BCUT2D eigenvalue weighted by molar-refractivity contribution is 6.03. The summed E-state index contributed by atoms with van der Waals surface area (Å²) < 4.78 is 80.8. The van der Waals surface area contributed by atoms with Crippen LogP contribution in [0.4, 0.5) is 27.8 Å². The first kappa shape index (κ1) is 28.0. The molecule has 3 unspecified atom stereocenters. The zero-order chi connectivity index (χ0) is 30.0. The number of fused-ring (bicyclic) bond motifs is 4. The second-order valence-corrected chi connectivity index (χ2v) is 11.7. The Kier molecular flexibility index (Phi) is 6.81. The van der Waals surface area contributed by atoms with Gasteiger partial charge in [0.05, 0.1) is 12.1 Å². The Balaban J connectivity index is 1.40. The molecule has 43 heavy (non-hydrogen) atoms. The van der Waals surface area contributed by atoms with Gasteiger partial charge in [-0.1, -0.05) is 13.0 Å². The van der Waals surface area contributed by atoms with Crippen LogP contribution >= 0.6 is 0 Å². The molecule has 226 valence electrons. The molecule has 0 saturated carbocycles. The number of halogens is 5. The molecule has 3 aromatic carbocycles. The number of hydrogen-bond acceptors (Lipinski definition) is 7. The SMILES string of the molecule is CCc1c(F)ccc2cc(O)cc(-c3c(F)cc4c(N5CC6CCC(C5)N6)nc(OCC5CC(F)(F)CN5)nc4c3F)c12. The van der Waals surface area contributed by atoms with Gasteiger partial charge >= 0.3 is 6.01 Å². The molecular formula is C31H30F5N5O2. The summed E-state index contributed by atoms with van der Waals surface area (Å²) in [6, 6.07) is 6.02. The summed E-state index contributed by atoms with van der Waals surface area (Å²) in [4.78, 5) is 10.8. The normalized spacial score (nSPS) is 23.0. The van der Waals surface area contributed by atoms with E-state index in [2.05, 4.69) is 20.6 Å². The molecule has 4 aromatic rings. The fourth-order valence-corrected chi connectivity index (χ4v) is 6.82. The van der Waals surface area contributed by atoms with Crippen LogP contribution in [0.25, 0.3) is 32.8 Å². The van der Waals surface area contributed by atoms with E-state index in [9.17, 15) is 18.3 Å². The molecule has 0 amide bonds. The number of anilines is 1. The Bertz CT molecular complexity index is 1740. The van der Waals surface area contributed by atoms with Crippen LogP contribution in [0.2, 0.25) is 0 Å². The van der Waals surface area contributed by atoms with Crippen LogP contribution in [0.5, 0.6) is 11.8 Å². The van der Waals surface area contributed by atoms with Crippen LogP contribution in [0.15, 0.2) is 30.3 Å². The average Bonchev–Trinajstić information content (AvgIpc) is 3.50. The highest BCUT2D eigenvalue weighted by Crippen LogP contribution is 2.42. The van der Waals surface area contributed by atoms with Gasteiger partial charge in [-0.05, 0) is 65.4 Å². The number of hydrogen-bond donors (Lipinski definition) is 3. The fraction of sp³-hybridized carbons (Fsp3) is 0.419. The monoisotopic (exact) mass is 599 g/mol. The van der Waals surface area contributed by atoms with Crippen molar-refractivity contribution in [2.75, 3.05) is 31.1 Å². The van der Waals surface area contributed by atoms with E-state index in [1.54, 1.807) is 6.92 Å². The molecule has 3 atom stereocenters. The van der Waals surface area contributed by atoms with Gasteiger partial charge in [-0.15, -0.1) is 0 Å². The first-order chi connectivity index (χ1) is 20.6. The van der Waals surface area contributed by atoms with Gasteiger partial charge in [0.15, 0.2) is 5.82 Å². The lowest BCUT2D eigenvalue weighted by atomic mass is 9.91. The first-order valence-corrected chi connectivity index (χ1v) is 14.5. The molecule has 7 nitrogen and oxygen atoms in total. The number of alkyl halides is 2. The van der Waals surface area contributed by atoms with E-state index in [0.717, 1.165) is 18.9 Å². The summed E-state index contributed by atoms with van der Waals surface area (Å²) >= 11 is 0. The largest absolute Gasteiger partial charge is 0.508 e. The molecule has 3 N–H and O–H groups in total. The molecule has 3 saturated heterocycles. The van der Waals surface area contributed by atoms with Crippen molar-refractivity contribution >= 4 is 27.5 Å². The van der Waals surface area contributed by atoms with Crippen molar-refractivity contribution in [2.45, 2.75) is 56.7 Å². The predicted octanol–water partition coefficient (Wildman–Crippen LogP) is 5.45. The number of rotatable bonds is 6. The third-order valence-corrected chi connectivity index (χ3v) is 8.74. The second-order valence-electron chi connectivity index (χ2n) is 11.7. The molecule has 0 radical (unpaired) electrons. The van der Waals surface area contributed by atoms with E-state index in [1.807, 2.05) is 4.90 Å². The number of nitrogens with one attached hydrogen (secondary N) is 2. The number of phenols is 1. The average molecular weight is 600 g/mol. The molecule has 3 aliphatic heterocycles. The first-order valence-electron chi connectivity index (χ1n) is 14.5. The van der Waals surface area contributed by atoms with Crippen LogP contribution in [0, 0.1) is 17.5 Å². The van der Waals surface area contributed by atoms with Crippen molar-refractivity contribution in [3.05, 3.63) is 53.3 Å². The summed E-state index contributed by atoms with van der Waals surface area (Å²) in [6.07, 6.45) is 1.76. The number of nitrogens with zero attached hydrogens (tertiary/aromatic N) is 3. The lowest BCUT2D eigenvalue weighted by Crippen LogP contribution is -2.51. The van der Waals surface area contributed by atoms with E-state index in [4.69, 9.17) is 4.74 Å². The fourth-order valence-electron chi connectivity index (χ4n) is 6.82. The quantitative estimate of drug-likeness (QED) is 0.254. The minimum Gasteiger partial charge on any atom is -0.508 e. The molecule has 1 aromatic heterocycles. The number of aryl methyl sites for hydroxylation is 1. The van der Waals surface area contributed by atoms with Crippen LogP contribution in [0.1, 0.15) is 31.7 Å². The van der Waals surface area contributed by atoms with Crippen molar-refractivity contribution in [3.8, 4) is 22.9 Å². The summed E-state index contributed by atoms with van der Waals surface area (Å²) in [5.41, 5.74) is -0.445. The number of phenolic OH excluding ortho intramolecular Hbond substituents is 1. The number of piperazine rings is 1. The summed E-state index contributed by atoms with van der Waals surface area (Å²) in [5.74, 6) is -5.28. The van der Waals surface area contributed by atoms with Crippen LogP contribution in [0.3, 0.4) is 0 Å². The van der Waals surface area contributed by atoms with Crippen molar-refractivity contribution in [3.63, 3.8) is 0 Å². The zero-order valence-electron chi connectivity index (χ0n) is 23.4. The van der Waals surface area contributed by atoms with E-state index >= 15 is 8.78 Å². The van der Waals surface area contributed by atoms with Crippen molar-refractivity contribution < 1.29 is 31.8 Å². The van der Waals surface area contributed by atoms with Crippen LogP contribution in [-0.2, 0) is 6.42 Å². The maximum absolute atomic E-state index is 16.6. The topological polar surface area (TPSA) is 82.5 Å². The van der Waals surface area contributed by atoms with Gasteiger partial charge in [0.2, 0.25) is 0 Å². The van der Waals surface area contributed by atoms with Gasteiger partial charge in [-0.3, -0.25) is 0 Å². The lowest BCUT2D eigenvalue weighted by molar-refractivity contribution is 0.0195. The smallest absolute Gasteiger partial charge is 0.319 e. The van der Waals surface area contributed by atoms with E-state index in [0.29, 0.717) is 18.5 Å². The van der Waals surface area contributed by atoms with E-state index in [1.165, 1.54) is 24.3 Å². The van der Waals surface area contributed by atoms with Crippen molar-refractivity contribution in [1.82, 2.24) is 20.6 Å². The minimum atomic E-state index is -2.86. The molecule has 0 aliphatic carbocycles. The van der Waals surface area contributed by atoms with E-state index in [-0.39, 0.29) is 70.1 Å². The minimum absolute atomic E-state index is 0.0107. The molecule has 2 bridgehead atoms. The summed E-state index contributed by atoms with van der Waals surface area (Å²) in [6.45, 7) is 2.21. The Hall–Kier alpha value is -3.77. The summed E-state index contributed by atoms with van der Waals surface area (Å²) in [7, 11) is 0. The number of ether oxygens (including phenoxy) is 1. The van der Waals surface area contributed by atoms with E-state index < -0.39 is 47.9 Å². The van der Waals surface area contributed by atoms with Gasteiger partial charge < -0.3 is 25.4 Å². The molecule has 3 aliphatic rings. The maximum Gasteiger partial charge on any atom is 0.319 e. The van der Waals surface area contributed by atoms with Crippen molar-refractivity contribution in [2.24, 2.45) is 0 Å². The standard InChI is InChI=1S/C31H30F5N5O2/c1-2-20-23(32)6-3-15-7-19(42)8-21(25(15)20)26-24(33)9-22-28(27(26)34)39-30(43-13-18-10-31(35,36)14-37-18)40-29(22)41-11-16-4-5-17(12-41)38-16/h3,6-9,16-18,37-38,42H,2,4-5,10-14H2,1H3. The van der Waals surface area contributed by atoms with Crippen LogP contribution in [-0.4, -0.2) is 65.4 Å². The predicted molar refractivity (Wildman–Crippen MR) is 152 cm³/mol. The molecule has 3 fully saturated rings. The molecule has 0 spiro atoms. The van der Waals surface area contributed by atoms with Gasteiger partial charge in [0.25, 0.3) is 5.92 Å². The maximum atomic E-state index is 16.6. The third-order valence-electron chi connectivity index (χ3n) is 8.74. The summed E-state index contributed by atoms with van der Waals surface area (Å²) in [5, 5.41) is 17.5. The Morgan fingerprint density at radius 3 is 2.51 bits per heavy atom. The second kappa shape index (κ2) is 10.4. The highest BCUT2D eigenvalue weighted by atomic mass is 19.3. The Morgan fingerprint density at radius 1 is 1.05 bits per heavy atom. The van der Waals surface area contributed by atoms with Gasteiger partial charge in [0.1, 0.15) is 35.3 Å². The molecule has 12 heteroatoms. The van der Waals surface area contributed by atoms with Crippen LogP contribution < -0.4 is 20.3 Å².